The molecule has 0 radical (unpaired) electrons. The van der Waals surface area contributed by atoms with Gasteiger partial charge in [0, 0.05) is 43.2 Å². The van der Waals surface area contributed by atoms with Gasteiger partial charge < -0.3 is 10.1 Å². The zero-order valence-corrected chi connectivity index (χ0v) is 17.2. The van der Waals surface area contributed by atoms with Crippen LogP contribution >= 0.6 is 0 Å². The molecule has 3 aromatic heterocycles. The Hall–Kier alpha value is -3.89. The Balaban J connectivity index is 1.48. The van der Waals surface area contributed by atoms with Gasteiger partial charge in [0.05, 0.1) is 43.2 Å². The lowest BCUT2D eigenvalue weighted by molar-refractivity contribution is 0.0375. The van der Waals surface area contributed by atoms with E-state index in [0.29, 0.717) is 31.2 Å². The van der Waals surface area contributed by atoms with Crippen molar-refractivity contribution in [1.82, 2.24) is 34.7 Å². The quantitative estimate of drug-likeness (QED) is 0.525. The molecule has 10 nitrogen and oxygen atoms in total. The molecule has 0 aliphatic carbocycles. The van der Waals surface area contributed by atoms with Crippen LogP contribution in [-0.4, -0.2) is 61.6 Å². The van der Waals surface area contributed by atoms with Gasteiger partial charge in [0.25, 0.3) is 5.91 Å². The number of carbonyl (C=O) groups is 1. The van der Waals surface area contributed by atoms with Crippen molar-refractivity contribution in [2.45, 2.75) is 6.54 Å². The predicted molar refractivity (Wildman–Crippen MR) is 116 cm³/mol. The second-order valence-electron chi connectivity index (χ2n) is 7.62. The number of ether oxygens (including phenoxy) is 1. The van der Waals surface area contributed by atoms with Gasteiger partial charge in [0.15, 0.2) is 11.5 Å². The van der Waals surface area contributed by atoms with Crippen molar-refractivity contribution in [3.8, 4) is 11.3 Å². The van der Waals surface area contributed by atoms with E-state index in [1.54, 1.807) is 18.6 Å². The van der Waals surface area contributed by atoms with Gasteiger partial charge in [0.2, 0.25) is 0 Å². The van der Waals surface area contributed by atoms with Crippen LogP contribution in [-0.2, 0) is 11.3 Å². The van der Waals surface area contributed by atoms with E-state index in [9.17, 15) is 4.79 Å². The third kappa shape index (κ3) is 3.08. The summed E-state index contributed by atoms with van der Waals surface area (Å²) in [5.74, 6) is 0.660. The number of nitrogens with zero attached hydrogens (tertiary/aromatic N) is 7. The van der Waals surface area contributed by atoms with Crippen molar-refractivity contribution in [2.75, 3.05) is 31.3 Å². The van der Waals surface area contributed by atoms with Gasteiger partial charge in [-0.25, -0.2) is 24.9 Å². The minimum Gasteiger partial charge on any atom is -0.379 e. The fourth-order valence-electron chi connectivity index (χ4n) is 4.23. The smallest absolute Gasteiger partial charge is 0.251 e. The molecule has 32 heavy (non-hydrogen) atoms. The average Bonchev–Trinajstić information content (AvgIpc) is 3.48. The molecule has 5 heterocycles. The largest absolute Gasteiger partial charge is 0.379 e. The maximum Gasteiger partial charge on any atom is 0.251 e. The number of hydrazine groups is 1. The Bertz CT molecular complexity index is 1300. The van der Waals surface area contributed by atoms with E-state index in [1.807, 2.05) is 40.0 Å². The van der Waals surface area contributed by atoms with Crippen molar-refractivity contribution in [1.29, 1.82) is 0 Å². The summed E-state index contributed by atoms with van der Waals surface area (Å²) in [5, 5.41) is 7.05. The van der Waals surface area contributed by atoms with E-state index in [-0.39, 0.29) is 5.91 Å². The molecule has 0 unspecified atom stereocenters. The minimum atomic E-state index is -0.0287. The summed E-state index contributed by atoms with van der Waals surface area (Å²) >= 11 is 0. The van der Waals surface area contributed by atoms with Crippen LogP contribution in [0.15, 0.2) is 55.5 Å². The van der Waals surface area contributed by atoms with Crippen molar-refractivity contribution in [2.24, 2.45) is 0 Å². The van der Waals surface area contributed by atoms with Crippen molar-refractivity contribution < 1.29 is 9.53 Å². The standard InChI is InChI=1S/C22H20N8O2/c31-22-18-2-1-15(9-16(18)10-27-22)19-13-26-21(20-25-3-4-29(19)20)30(17-11-23-14-24-12-17)28-5-7-32-8-6-28/h1-4,9,11-14H,5-8,10H2,(H,27,31). The third-order valence-electron chi connectivity index (χ3n) is 5.76. The number of hydrogen-bond donors (Lipinski definition) is 1. The van der Waals surface area contributed by atoms with Crippen molar-refractivity contribution >= 4 is 23.1 Å². The molecule has 10 heteroatoms. The van der Waals surface area contributed by atoms with Crippen LogP contribution in [0.5, 0.6) is 0 Å². The second kappa shape index (κ2) is 7.66. The summed E-state index contributed by atoms with van der Waals surface area (Å²) in [7, 11) is 0. The minimum absolute atomic E-state index is 0.0287. The van der Waals surface area contributed by atoms with Crippen LogP contribution < -0.4 is 10.3 Å². The highest BCUT2D eigenvalue weighted by Gasteiger charge is 2.26. The Kier molecular flexibility index (Phi) is 4.51. The van der Waals surface area contributed by atoms with Crippen LogP contribution in [0.1, 0.15) is 15.9 Å². The summed E-state index contributed by atoms with van der Waals surface area (Å²) in [6.45, 7) is 3.25. The fourth-order valence-corrected chi connectivity index (χ4v) is 4.23. The maximum absolute atomic E-state index is 11.9. The molecule has 0 atom stereocenters. The van der Waals surface area contributed by atoms with E-state index >= 15 is 0 Å². The van der Waals surface area contributed by atoms with Gasteiger partial charge in [-0.3, -0.25) is 14.2 Å². The van der Waals surface area contributed by atoms with Gasteiger partial charge in [-0.2, -0.15) is 0 Å². The van der Waals surface area contributed by atoms with Gasteiger partial charge in [-0.05, 0) is 17.7 Å². The Morgan fingerprint density at radius 3 is 2.75 bits per heavy atom. The van der Waals surface area contributed by atoms with Crippen LogP contribution in [0.4, 0.5) is 11.5 Å². The van der Waals surface area contributed by atoms with Gasteiger partial charge in [-0.1, -0.05) is 6.07 Å². The molecule has 1 N–H and O–H groups in total. The third-order valence-corrected chi connectivity index (χ3v) is 5.76. The van der Waals surface area contributed by atoms with E-state index in [1.165, 1.54) is 6.33 Å². The predicted octanol–water partition coefficient (Wildman–Crippen LogP) is 1.81. The Morgan fingerprint density at radius 2 is 1.91 bits per heavy atom. The molecule has 0 bridgehead atoms. The number of carbonyl (C=O) groups excluding carboxylic acids is 1. The monoisotopic (exact) mass is 428 g/mol. The number of hydrogen-bond acceptors (Lipinski definition) is 8. The zero-order chi connectivity index (χ0) is 21.5. The first-order chi connectivity index (χ1) is 15.8. The number of amides is 1. The fraction of sp³-hybridized carbons (Fsp3) is 0.227. The first-order valence-electron chi connectivity index (χ1n) is 10.4. The van der Waals surface area contributed by atoms with Crippen molar-refractivity contribution in [3.63, 3.8) is 0 Å². The molecule has 160 valence electrons. The molecular formula is C22H20N8O2. The highest BCUT2D eigenvalue weighted by atomic mass is 16.5. The first kappa shape index (κ1) is 18.8. The van der Waals surface area contributed by atoms with Crippen LogP contribution in [0.25, 0.3) is 16.9 Å². The van der Waals surface area contributed by atoms with E-state index in [0.717, 1.165) is 41.2 Å². The van der Waals surface area contributed by atoms with Gasteiger partial charge >= 0.3 is 0 Å². The van der Waals surface area contributed by atoms with Gasteiger partial charge in [-0.15, -0.1) is 0 Å². The molecule has 1 fully saturated rings. The number of fused-ring (bicyclic) bond motifs is 2. The molecule has 1 saturated heterocycles. The number of rotatable bonds is 4. The molecule has 0 saturated carbocycles. The molecule has 1 aromatic carbocycles. The van der Waals surface area contributed by atoms with Crippen LogP contribution in [0.3, 0.4) is 0 Å². The maximum atomic E-state index is 11.9. The lowest BCUT2D eigenvalue weighted by Crippen LogP contribution is -2.47. The summed E-state index contributed by atoms with van der Waals surface area (Å²) < 4.78 is 7.56. The highest BCUT2D eigenvalue weighted by Crippen LogP contribution is 2.32. The molecule has 2 aliphatic rings. The Morgan fingerprint density at radius 1 is 1.06 bits per heavy atom. The zero-order valence-electron chi connectivity index (χ0n) is 17.2. The summed E-state index contributed by atoms with van der Waals surface area (Å²) in [4.78, 5) is 29.8. The van der Waals surface area contributed by atoms with E-state index < -0.39 is 0 Å². The number of imidazole rings is 1. The number of aromatic nitrogens is 5. The molecule has 4 aromatic rings. The number of benzene rings is 1. The summed E-state index contributed by atoms with van der Waals surface area (Å²) in [5.41, 5.74) is 5.11. The van der Waals surface area contributed by atoms with Crippen LogP contribution in [0, 0.1) is 0 Å². The highest BCUT2D eigenvalue weighted by molar-refractivity contribution is 5.98. The van der Waals surface area contributed by atoms with E-state index in [4.69, 9.17) is 9.72 Å². The Labute approximate surface area is 183 Å². The molecule has 2 aliphatic heterocycles. The number of anilines is 2. The van der Waals surface area contributed by atoms with E-state index in [2.05, 4.69) is 25.3 Å². The van der Waals surface area contributed by atoms with Crippen molar-refractivity contribution in [3.05, 3.63) is 66.6 Å². The average molecular weight is 428 g/mol. The summed E-state index contributed by atoms with van der Waals surface area (Å²) in [6.07, 6.45) is 10.6. The van der Waals surface area contributed by atoms with Gasteiger partial charge in [0.1, 0.15) is 6.33 Å². The lowest BCUT2D eigenvalue weighted by atomic mass is 10.0. The topological polar surface area (TPSA) is 101 Å². The van der Waals surface area contributed by atoms with Crippen LogP contribution in [0.2, 0.25) is 0 Å². The normalized spacial score (nSPS) is 16.2. The SMILES string of the molecule is O=C1NCc2cc(-c3cnc(N(c4cncnc4)N4CCOCC4)c4nccn34)ccc21. The first-order valence-corrected chi connectivity index (χ1v) is 10.4. The lowest BCUT2D eigenvalue weighted by Gasteiger charge is -2.37. The molecule has 1 amide bonds. The number of nitrogens with one attached hydrogen (secondary N) is 1. The molecule has 6 rings (SSSR count). The molecule has 0 spiro atoms. The second-order valence-corrected chi connectivity index (χ2v) is 7.62. The number of morpholine rings is 1. The molecular weight excluding hydrogens is 408 g/mol. The summed E-state index contributed by atoms with van der Waals surface area (Å²) in [6, 6.07) is 5.85.